The molecule has 2 rings (SSSR count). The maximum Gasteiger partial charge on any atom is 0.265 e. The second-order valence-electron chi connectivity index (χ2n) is 4.21. The minimum Gasteiger partial charge on any atom is -0.384 e. The van der Waals surface area contributed by atoms with Gasteiger partial charge in [0, 0.05) is 13.6 Å². The van der Waals surface area contributed by atoms with Crippen molar-refractivity contribution in [1.29, 1.82) is 0 Å². The predicted molar refractivity (Wildman–Crippen MR) is 80.9 cm³/mol. The maximum atomic E-state index is 12.2. The van der Waals surface area contributed by atoms with Crippen LogP contribution in [0.3, 0.4) is 0 Å². The molecule has 2 aromatic heterocycles. The average Bonchev–Trinajstić information content (AvgIpc) is 3.04. The van der Waals surface area contributed by atoms with E-state index in [2.05, 4.69) is 16.8 Å². The molecule has 0 radical (unpaired) electrons. The van der Waals surface area contributed by atoms with Crippen molar-refractivity contribution in [2.45, 2.75) is 13.5 Å². The lowest BCUT2D eigenvalue weighted by Gasteiger charge is -2.15. The molecule has 4 nitrogen and oxygen atoms in total. The molecule has 6 heteroatoms. The summed E-state index contributed by atoms with van der Waals surface area (Å²) < 4.78 is 0. The molecule has 1 amide bonds. The van der Waals surface area contributed by atoms with Gasteiger partial charge in [0.15, 0.2) is 0 Å². The lowest BCUT2D eigenvalue weighted by molar-refractivity contribution is 0.0789. The number of carbonyl (C=O) groups excluding carboxylic acids is 1. The van der Waals surface area contributed by atoms with Crippen molar-refractivity contribution < 1.29 is 9.90 Å². The molecule has 1 N–H and O–H groups in total. The van der Waals surface area contributed by atoms with E-state index >= 15 is 0 Å². The fourth-order valence-corrected chi connectivity index (χ4v) is 3.24. The highest BCUT2D eigenvalue weighted by Crippen LogP contribution is 2.18. The first-order valence-electron chi connectivity index (χ1n) is 5.94. The standard InChI is InChI=1S/C14H14N2O2S2/c1-10-13(20-9-15-10)14(18)16(2)7-11-6-12(19-8-11)4-3-5-17/h6,8-9,17H,5,7H2,1-2H3. The Morgan fingerprint density at radius 1 is 1.50 bits per heavy atom. The lowest BCUT2D eigenvalue weighted by atomic mass is 10.2. The van der Waals surface area contributed by atoms with E-state index in [-0.39, 0.29) is 12.5 Å². The van der Waals surface area contributed by atoms with Crippen molar-refractivity contribution in [2.75, 3.05) is 13.7 Å². The van der Waals surface area contributed by atoms with E-state index in [0.717, 1.165) is 16.1 Å². The first-order valence-corrected chi connectivity index (χ1v) is 7.70. The molecule has 0 saturated carbocycles. The second-order valence-corrected chi connectivity index (χ2v) is 5.97. The van der Waals surface area contributed by atoms with Crippen LogP contribution in [0, 0.1) is 18.8 Å². The molecule has 104 valence electrons. The van der Waals surface area contributed by atoms with Crippen molar-refractivity contribution in [3.8, 4) is 11.8 Å². The summed E-state index contributed by atoms with van der Waals surface area (Å²) in [6, 6.07) is 1.94. The number of hydrogen-bond donors (Lipinski definition) is 1. The van der Waals surface area contributed by atoms with Crippen LogP contribution < -0.4 is 0 Å². The Balaban J connectivity index is 2.04. The Labute approximate surface area is 125 Å². The highest BCUT2D eigenvalue weighted by atomic mass is 32.1. The summed E-state index contributed by atoms with van der Waals surface area (Å²) in [6.45, 7) is 2.23. The molecule has 0 saturated heterocycles. The van der Waals surface area contributed by atoms with E-state index in [1.54, 1.807) is 17.5 Å². The third kappa shape index (κ3) is 3.45. The summed E-state index contributed by atoms with van der Waals surface area (Å²) in [6.07, 6.45) is 0. The van der Waals surface area contributed by atoms with Gasteiger partial charge in [-0.1, -0.05) is 11.8 Å². The smallest absolute Gasteiger partial charge is 0.265 e. The van der Waals surface area contributed by atoms with Crippen LogP contribution >= 0.6 is 22.7 Å². The van der Waals surface area contributed by atoms with Crippen LogP contribution in [0.5, 0.6) is 0 Å². The van der Waals surface area contributed by atoms with E-state index in [9.17, 15) is 4.79 Å². The molecule has 0 aromatic carbocycles. The van der Waals surface area contributed by atoms with Crippen molar-refractivity contribution in [1.82, 2.24) is 9.88 Å². The van der Waals surface area contributed by atoms with Crippen LogP contribution in [0.2, 0.25) is 0 Å². The van der Waals surface area contributed by atoms with Crippen LogP contribution in [0.1, 0.15) is 25.8 Å². The highest BCUT2D eigenvalue weighted by Gasteiger charge is 2.16. The number of aliphatic hydroxyl groups excluding tert-OH is 1. The van der Waals surface area contributed by atoms with Gasteiger partial charge in [0.05, 0.1) is 16.1 Å². The molecule has 0 aliphatic rings. The zero-order chi connectivity index (χ0) is 14.5. The van der Waals surface area contributed by atoms with Crippen LogP contribution in [-0.4, -0.2) is 34.6 Å². The van der Waals surface area contributed by atoms with E-state index in [4.69, 9.17) is 5.11 Å². The van der Waals surface area contributed by atoms with Crippen LogP contribution in [0.15, 0.2) is 17.0 Å². The number of nitrogens with zero attached hydrogens (tertiary/aromatic N) is 2. The molecular formula is C14H14N2O2S2. The molecular weight excluding hydrogens is 292 g/mol. The SMILES string of the molecule is Cc1ncsc1C(=O)N(C)Cc1csc(C#CCO)c1. The van der Waals surface area contributed by atoms with Crippen molar-refractivity contribution in [2.24, 2.45) is 0 Å². The molecule has 0 spiro atoms. The third-order valence-corrected chi connectivity index (χ3v) is 4.46. The Morgan fingerprint density at radius 3 is 2.95 bits per heavy atom. The topological polar surface area (TPSA) is 53.4 Å². The highest BCUT2D eigenvalue weighted by molar-refractivity contribution is 7.12. The van der Waals surface area contributed by atoms with Gasteiger partial charge in [0.1, 0.15) is 11.5 Å². The van der Waals surface area contributed by atoms with Gasteiger partial charge in [-0.3, -0.25) is 4.79 Å². The van der Waals surface area contributed by atoms with Crippen molar-refractivity contribution in [3.63, 3.8) is 0 Å². The van der Waals surface area contributed by atoms with Crippen LogP contribution in [0.4, 0.5) is 0 Å². The van der Waals surface area contributed by atoms with Crippen molar-refractivity contribution >= 4 is 28.6 Å². The van der Waals surface area contributed by atoms with Gasteiger partial charge in [0.2, 0.25) is 0 Å². The van der Waals surface area contributed by atoms with E-state index in [0.29, 0.717) is 11.4 Å². The molecule has 0 atom stereocenters. The van der Waals surface area contributed by atoms with E-state index in [1.807, 2.05) is 18.4 Å². The Morgan fingerprint density at radius 2 is 2.30 bits per heavy atom. The van der Waals surface area contributed by atoms with Gasteiger partial charge in [-0.25, -0.2) is 4.98 Å². The summed E-state index contributed by atoms with van der Waals surface area (Å²) in [5.41, 5.74) is 3.49. The molecule has 0 aliphatic heterocycles. The quantitative estimate of drug-likeness (QED) is 0.884. The molecule has 0 unspecified atom stereocenters. The minimum absolute atomic E-state index is 0.0146. The predicted octanol–water partition coefficient (Wildman–Crippen LogP) is 2.13. The normalized spacial score (nSPS) is 9.95. The summed E-state index contributed by atoms with van der Waals surface area (Å²) >= 11 is 2.87. The second kappa shape index (κ2) is 6.66. The van der Waals surface area contributed by atoms with Gasteiger partial charge in [0.25, 0.3) is 5.91 Å². The number of aromatic nitrogens is 1. The average molecular weight is 306 g/mol. The molecule has 20 heavy (non-hydrogen) atoms. The Hall–Kier alpha value is -1.68. The Kier molecular flexibility index (Phi) is 4.90. The maximum absolute atomic E-state index is 12.2. The fourth-order valence-electron chi connectivity index (χ4n) is 1.68. The van der Waals surface area contributed by atoms with Gasteiger partial charge < -0.3 is 10.0 Å². The minimum atomic E-state index is -0.143. The third-order valence-electron chi connectivity index (χ3n) is 2.65. The monoisotopic (exact) mass is 306 g/mol. The Bertz CT molecular complexity index is 664. The van der Waals surface area contributed by atoms with Crippen LogP contribution in [0.25, 0.3) is 0 Å². The number of hydrogen-bond acceptors (Lipinski definition) is 5. The van der Waals surface area contributed by atoms with E-state index < -0.39 is 0 Å². The van der Waals surface area contributed by atoms with Gasteiger partial charge in [-0.2, -0.15) is 0 Å². The lowest BCUT2D eigenvalue weighted by Crippen LogP contribution is -2.25. The summed E-state index contributed by atoms with van der Waals surface area (Å²) in [7, 11) is 1.78. The summed E-state index contributed by atoms with van der Waals surface area (Å²) in [4.78, 5) is 19.6. The van der Waals surface area contributed by atoms with Gasteiger partial charge >= 0.3 is 0 Å². The van der Waals surface area contributed by atoms with Gasteiger partial charge in [-0.15, -0.1) is 22.7 Å². The van der Waals surface area contributed by atoms with E-state index in [1.165, 1.54) is 22.7 Å². The molecule has 0 aliphatic carbocycles. The largest absolute Gasteiger partial charge is 0.384 e. The number of thiazole rings is 1. The first kappa shape index (κ1) is 14.7. The molecule has 0 fully saturated rings. The van der Waals surface area contributed by atoms with Gasteiger partial charge in [-0.05, 0) is 23.9 Å². The molecule has 2 aromatic rings. The number of aliphatic hydroxyl groups is 1. The summed E-state index contributed by atoms with van der Waals surface area (Å²) in [5, 5.41) is 10.6. The zero-order valence-corrected chi connectivity index (χ0v) is 12.8. The van der Waals surface area contributed by atoms with Crippen LogP contribution in [-0.2, 0) is 6.54 Å². The number of rotatable bonds is 3. The van der Waals surface area contributed by atoms with Crippen molar-refractivity contribution in [3.05, 3.63) is 38.0 Å². The zero-order valence-electron chi connectivity index (χ0n) is 11.2. The molecule has 2 heterocycles. The summed E-state index contributed by atoms with van der Waals surface area (Å²) in [5.74, 6) is 5.46. The number of amides is 1. The first-order chi connectivity index (χ1) is 9.61. The number of aryl methyl sites for hydroxylation is 1. The molecule has 0 bridgehead atoms. The number of thiophene rings is 1. The number of carbonyl (C=O) groups is 1. The fraction of sp³-hybridized carbons (Fsp3) is 0.286.